The van der Waals surface area contributed by atoms with Gasteiger partial charge in [-0.2, -0.15) is 0 Å². The van der Waals surface area contributed by atoms with E-state index in [4.69, 9.17) is 6.42 Å². The molecule has 22 heavy (non-hydrogen) atoms. The van der Waals surface area contributed by atoms with Crippen LogP contribution >= 0.6 is 0 Å². The number of terminal acetylenes is 1. The van der Waals surface area contributed by atoms with Gasteiger partial charge in [-0.05, 0) is 44.2 Å². The fourth-order valence-corrected chi connectivity index (χ4v) is 2.29. The minimum Gasteiger partial charge on any atom is -0.322 e. The number of nitrogens with zero attached hydrogens (tertiary/aromatic N) is 3. The summed E-state index contributed by atoms with van der Waals surface area (Å²) in [5.74, 6) is 3.75. The van der Waals surface area contributed by atoms with E-state index < -0.39 is 0 Å². The Morgan fingerprint density at radius 3 is 2.59 bits per heavy atom. The van der Waals surface area contributed by atoms with Gasteiger partial charge in [-0.25, -0.2) is 9.97 Å². The first kappa shape index (κ1) is 13.8. The maximum Gasteiger partial charge on any atom is 0.259 e. The molecule has 3 aromatic rings. The van der Waals surface area contributed by atoms with Crippen molar-refractivity contribution in [3.8, 4) is 12.3 Å². The highest BCUT2D eigenvalue weighted by molar-refractivity contribution is 6.08. The predicted octanol–water partition coefficient (Wildman–Crippen LogP) is 2.58. The first-order chi connectivity index (χ1) is 10.6. The van der Waals surface area contributed by atoms with Gasteiger partial charge in [0.25, 0.3) is 5.91 Å². The van der Waals surface area contributed by atoms with Gasteiger partial charge in [-0.1, -0.05) is 5.92 Å². The highest BCUT2D eigenvalue weighted by Crippen LogP contribution is 2.15. The number of hydrogen-bond donors (Lipinski definition) is 1. The Morgan fingerprint density at radius 2 is 1.91 bits per heavy atom. The van der Waals surface area contributed by atoms with Gasteiger partial charge in [0.1, 0.15) is 11.6 Å². The van der Waals surface area contributed by atoms with E-state index in [1.807, 2.05) is 6.92 Å². The average Bonchev–Trinajstić information content (AvgIpc) is 2.92. The third kappa shape index (κ3) is 2.42. The van der Waals surface area contributed by atoms with E-state index in [1.54, 1.807) is 47.9 Å². The molecule has 3 rings (SSSR count). The van der Waals surface area contributed by atoms with Crippen LogP contribution in [-0.4, -0.2) is 20.3 Å². The molecule has 0 saturated heterocycles. The molecule has 0 saturated carbocycles. The molecule has 0 aliphatic rings. The third-order valence-corrected chi connectivity index (χ3v) is 3.35. The second-order valence-electron chi connectivity index (χ2n) is 4.92. The SMILES string of the molecule is C#Cc1ccc(NC(=O)c2ccn3c(C)nc(C)nc23)cc1. The highest BCUT2D eigenvalue weighted by Gasteiger charge is 2.14. The van der Waals surface area contributed by atoms with E-state index in [9.17, 15) is 4.79 Å². The lowest BCUT2D eigenvalue weighted by atomic mass is 10.2. The molecular weight excluding hydrogens is 276 g/mol. The van der Waals surface area contributed by atoms with Crippen LogP contribution in [0.5, 0.6) is 0 Å². The summed E-state index contributed by atoms with van der Waals surface area (Å²) in [7, 11) is 0. The second-order valence-corrected chi connectivity index (χ2v) is 4.92. The molecule has 0 bridgehead atoms. The lowest BCUT2D eigenvalue weighted by Crippen LogP contribution is -2.12. The Hall–Kier alpha value is -3.13. The Labute approximate surface area is 128 Å². The van der Waals surface area contributed by atoms with Crippen LogP contribution in [0.25, 0.3) is 5.65 Å². The molecule has 0 radical (unpaired) electrons. The number of aryl methyl sites for hydroxylation is 2. The van der Waals surface area contributed by atoms with Crippen molar-refractivity contribution in [3.63, 3.8) is 0 Å². The number of carbonyl (C=O) groups excluding carboxylic acids is 1. The zero-order chi connectivity index (χ0) is 15.7. The van der Waals surface area contributed by atoms with Crippen molar-refractivity contribution in [3.05, 3.63) is 59.3 Å². The summed E-state index contributed by atoms with van der Waals surface area (Å²) in [5.41, 5.74) is 2.56. The number of benzene rings is 1. The number of amides is 1. The van der Waals surface area contributed by atoms with E-state index in [0.29, 0.717) is 22.7 Å². The van der Waals surface area contributed by atoms with E-state index in [1.165, 1.54) is 0 Å². The molecule has 0 spiro atoms. The minimum absolute atomic E-state index is 0.214. The summed E-state index contributed by atoms with van der Waals surface area (Å²) in [5, 5.41) is 2.85. The molecule has 0 fully saturated rings. The van der Waals surface area contributed by atoms with E-state index in [-0.39, 0.29) is 5.91 Å². The summed E-state index contributed by atoms with van der Waals surface area (Å²) >= 11 is 0. The van der Waals surface area contributed by atoms with Gasteiger partial charge in [-0.15, -0.1) is 6.42 Å². The molecule has 2 heterocycles. The van der Waals surface area contributed by atoms with Crippen LogP contribution in [0, 0.1) is 26.2 Å². The molecule has 5 heteroatoms. The van der Waals surface area contributed by atoms with Crippen molar-refractivity contribution < 1.29 is 4.79 Å². The molecule has 5 nitrogen and oxygen atoms in total. The van der Waals surface area contributed by atoms with Gasteiger partial charge in [0.05, 0.1) is 5.56 Å². The summed E-state index contributed by atoms with van der Waals surface area (Å²) in [4.78, 5) is 21.1. The van der Waals surface area contributed by atoms with Gasteiger partial charge in [0.2, 0.25) is 0 Å². The number of rotatable bonds is 2. The highest BCUT2D eigenvalue weighted by atomic mass is 16.1. The topological polar surface area (TPSA) is 59.3 Å². The van der Waals surface area contributed by atoms with Crippen molar-refractivity contribution in [2.75, 3.05) is 5.32 Å². The van der Waals surface area contributed by atoms with Gasteiger partial charge in [-0.3, -0.25) is 9.20 Å². The molecule has 108 valence electrons. The summed E-state index contributed by atoms with van der Waals surface area (Å²) in [6.45, 7) is 3.68. The van der Waals surface area contributed by atoms with E-state index >= 15 is 0 Å². The standard InChI is InChI=1S/C17H14N4O/c1-4-13-5-7-14(8-6-13)20-17(22)15-9-10-21-12(3)18-11(2)19-16(15)21/h1,5-10H,2-3H3,(H,20,22). The zero-order valence-corrected chi connectivity index (χ0v) is 12.3. The van der Waals surface area contributed by atoms with Crippen molar-refractivity contribution in [2.45, 2.75) is 13.8 Å². The third-order valence-electron chi connectivity index (χ3n) is 3.35. The van der Waals surface area contributed by atoms with Crippen LogP contribution in [0.3, 0.4) is 0 Å². The van der Waals surface area contributed by atoms with Crippen molar-refractivity contribution in [1.82, 2.24) is 14.4 Å². The fourth-order valence-electron chi connectivity index (χ4n) is 2.29. The molecule has 2 aromatic heterocycles. The molecule has 0 aliphatic heterocycles. The quantitative estimate of drug-likeness (QED) is 0.738. The Bertz CT molecular complexity index is 901. The van der Waals surface area contributed by atoms with Crippen molar-refractivity contribution in [1.29, 1.82) is 0 Å². The number of hydrogen-bond acceptors (Lipinski definition) is 3. The maximum atomic E-state index is 12.4. The van der Waals surface area contributed by atoms with Crippen molar-refractivity contribution in [2.24, 2.45) is 0 Å². The molecule has 1 N–H and O–H groups in total. The molecule has 0 atom stereocenters. The maximum absolute atomic E-state index is 12.4. The van der Waals surface area contributed by atoms with Crippen LogP contribution in [0.4, 0.5) is 5.69 Å². The summed E-state index contributed by atoms with van der Waals surface area (Å²) < 4.78 is 1.79. The fraction of sp³-hybridized carbons (Fsp3) is 0.118. The van der Waals surface area contributed by atoms with Crippen LogP contribution in [-0.2, 0) is 0 Å². The Balaban J connectivity index is 1.93. The summed E-state index contributed by atoms with van der Waals surface area (Å²) in [6.07, 6.45) is 7.11. The molecule has 0 aliphatic carbocycles. The number of carbonyl (C=O) groups is 1. The van der Waals surface area contributed by atoms with Crippen molar-refractivity contribution >= 4 is 17.2 Å². The number of aromatic nitrogens is 3. The number of anilines is 1. The van der Waals surface area contributed by atoms with E-state index in [0.717, 1.165) is 11.4 Å². The first-order valence-corrected chi connectivity index (χ1v) is 6.79. The summed E-state index contributed by atoms with van der Waals surface area (Å²) in [6, 6.07) is 8.85. The normalized spacial score (nSPS) is 10.4. The monoisotopic (exact) mass is 290 g/mol. The molecule has 1 aromatic carbocycles. The Morgan fingerprint density at radius 1 is 1.18 bits per heavy atom. The average molecular weight is 290 g/mol. The molecule has 1 amide bonds. The Kier molecular flexibility index (Phi) is 3.36. The largest absolute Gasteiger partial charge is 0.322 e. The van der Waals surface area contributed by atoms with Crippen LogP contribution in [0.1, 0.15) is 27.6 Å². The molecule has 0 unspecified atom stereocenters. The minimum atomic E-state index is -0.214. The predicted molar refractivity (Wildman–Crippen MR) is 84.8 cm³/mol. The number of nitrogens with one attached hydrogen (secondary N) is 1. The second kappa shape index (κ2) is 5.34. The van der Waals surface area contributed by atoms with Gasteiger partial charge >= 0.3 is 0 Å². The van der Waals surface area contributed by atoms with Crippen LogP contribution < -0.4 is 5.32 Å². The lowest BCUT2D eigenvalue weighted by molar-refractivity contribution is 0.102. The van der Waals surface area contributed by atoms with Crippen LogP contribution in [0.2, 0.25) is 0 Å². The first-order valence-electron chi connectivity index (χ1n) is 6.79. The van der Waals surface area contributed by atoms with Crippen LogP contribution in [0.15, 0.2) is 36.5 Å². The zero-order valence-electron chi connectivity index (χ0n) is 12.3. The van der Waals surface area contributed by atoms with Gasteiger partial charge in [0, 0.05) is 17.4 Å². The van der Waals surface area contributed by atoms with Gasteiger partial charge in [0.15, 0.2) is 5.65 Å². The van der Waals surface area contributed by atoms with E-state index in [2.05, 4.69) is 21.2 Å². The smallest absolute Gasteiger partial charge is 0.259 e. The van der Waals surface area contributed by atoms with Gasteiger partial charge < -0.3 is 5.32 Å². The molecular formula is C17H14N4O. The lowest BCUT2D eigenvalue weighted by Gasteiger charge is -2.05. The number of fused-ring (bicyclic) bond motifs is 1.